The number of carbonyl (C=O) groups excluding carboxylic acids is 1. The number of halogens is 3. The van der Waals surface area contributed by atoms with Crippen LogP contribution in [0.2, 0.25) is 0 Å². The van der Waals surface area contributed by atoms with Crippen molar-refractivity contribution in [1.29, 1.82) is 0 Å². The van der Waals surface area contributed by atoms with Crippen molar-refractivity contribution in [2.45, 2.75) is 13.0 Å². The Kier molecular flexibility index (Phi) is 6.54. The third kappa shape index (κ3) is 5.19. The maximum atomic E-state index is 12.1. The molecule has 0 spiro atoms. The number of hydrogen-bond donors (Lipinski definition) is 1. The lowest BCUT2D eigenvalue weighted by Crippen LogP contribution is -2.25. The fourth-order valence-corrected chi connectivity index (χ4v) is 2.61. The third-order valence-corrected chi connectivity index (χ3v) is 3.88. The van der Waals surface area contributed by atoms with Gasteiger partial charge >= 0.3 is 6.61 Å². The van der Waals surface area contributed by atoms with Gasteiger partial charge in [-0.15, -0.1) is 0 Å². The lowest BCUT2D eigenvalue weighted by atomic mass is 10.1. The Bertz CT molecular complexity index is 693. The minimum absolute atomic E-state index is 0.112. The van der Waals surface area contributed by atoms with Crippen LogP contribution in [-0.2, 0) is 6.42 Å². The van der Waals surface area contributed by atoms with Crippen LogP contribution in [0.15, 0.2) is 46.9 Å². The van der Waals surface area contributed by atoms with Gasteiger partial charge < -0.3 is 14.8 Å². The van der Waals surface area contributed by atoms with Crippen LogP contribution in [0, 0.1) is 0 Å². The number of hydrogen-bond acceptors (Lipinski definition) is 3. The zero-order chi connectivity index (χ0) is 17.5. The minimum Gasteiger partial charge on any atom is -0.496 e. The molecular formula is C17H16BrF2NO3. The molecule has 1 N–H and O–H groups in total. The number of alkyl halides is 2. The van der Waals surface area contributed by atoms with Gasteiger partial charge in [0.2, 0.25) is 0 Å². The van der Waals surface area contributed by atoms with Crippen LogP contribution in [-0.4, -0.2) is 26.2 Å². The number of methoxy groups -OCH3 is 1. The molecule has 24 heavy (non-hydrogen) atoms. The van der Waals surface area contributed by atoms with Crippen LogP contribution in [0.5, 0.6) is 11.5 Å². The molecule has 1 amide bonds. The van der Waals surface area contributed by atoms with E-state index < -0.39 is 6.61 Å². The standard InChI is InChI=1S/C17H16BrF2NO3/c1-23-15-7-4-12(10-14(15)18)16(22)21-9-8-11-2-5-13(6-3-11)24-17(19)20/h2-7,10,17H,8-9H2,1H3,(H,21,22). The summed E-state index contributed by atoms with van der Waals surface area (Å²) in [6.07, 6.45) is 0.581. The molecule has 0 aliphatic carbocycles. The minimum atomic E-state index is -2.83. The molecular weight excluding hydrogens is 384 g/mol. The number of amides is 1. The molecule has 0 aromatic heterocycles. The predicted molar refractivity (Wildman–Crippen MR) is 89.8 cm³/mol. The van der Waals surface area contributed by atoms with Gasteiger partial charge in [-0.2, -0.15) is 8.78 Å². The van der Waals surface area contributed by atoms with Crippen LogP contribution in [0.1, 0.15) is 15.9 Å². The first-order valence-corrected chi connectivity index (χ1v) is 7.94. The van der Waals surface area contributed by atoms with E-state index in [0.29, 0.717) is 28.8 Å². The summed E-state index contributed by atoms with van der Waals surface area (Å²) < 4.78 is 34.2. The largest absolute Gasteiger partial charge is 0.496 e. The van der Waals surface area contributed by atoms with E-state index in [1.54, 1.807) is 37.4 Å². The van der Waals surface area contributed by atoms with E-state index >= 15 is 0 Å². The Morgan fingerprint density at radius 1 is 1.21 bits per heavy atom. The molecule has 0 aliphatic rings. The van der Waals surface area contributed by atoms with Gasteiger partial charge in [0.15, 0.2) is 0 Å². The molecule has 0 saturated heterocycles. The highest BCUT2D eigenvalue weighted by atomic mass is 79.9. The fraction of sp³-hybridized carbons (Fsp3) is 0.235. The lowest BCUT2D eigenvalue weighted by Gasteiger charge is -2.08. The number of ether oxygens (including phenoxy) is 2. The van der Waals surface area contributed by atoms with Gasteiger partial charge in [0.05, 0.1) is 11.6 Å². The van der Waals surface area contributed by atoms with Crippen molar-refractivity contribution in [2.75, 3.05) is 13.7 Å². The summed E-state index contributed by atoms with van der Waals surface area (Å²) in [5.41, 5.74) is 1.43. The molecule has 0 radical (unpaired) electrons. The highest BCUT2D eigenvalue weighted by Crippen LogP contribution is 2.25. The predicted octanol–water partition coefficient (Wildman–Crippen LogP) is 4.03. The Labute approximate surface area is 146 Å². The van der Waals surface area contributed by atoms with E-state index in [-0.39, 0.29) is 11.7 Å². The van der Waals surface area contributed by atoms with E-state index in [1.165, 1.54) is 12.1 Å². The van der Waals surface area contributed by atoms with Crippen molar-refractivity contribution in [1.82, 2.24) is 5.32 Å². The van der Waals surface area contributed by atoms with Gasteiger partial charge in [-0.05, 0) is 58.2 Å². The summed E-state index contributed by atoms with van der Waals surface area (Å²) in [7, 11) is 1.55. The van der Waals surface area contributed by atoms with Gasteiger partial charge in [0.1, 0.15) is 11.5 Å². The van der Waals surface area contributed by atoms with E-state index in [4.69, 9.17) is 4.74 Å². The molecule has 7 heteroatoms. The average Bonchev–Trinajstić information content (AvgIpc) is 2.55. The van der Waals surface area contributed by atoms with E-state index in [0.717, 1.165) is 5.56 Å². The van der Waals surface area contributed by atoms with Gasteiger partial charge in [0.25, 0.3) is 5.91 Å². The summed E-state index contributed by atoms with van der Waals surface area (Å²) >= 11 is 3.33. The van der Waals surface area contributed by atoms with Crippen molar-refractivity contribution in [3.05, 3.63) is 58.1 Å². The van der Waals surface area contributed by atoms with Crippen LogP contribution < -0.4 is 14.8 Å². The molecule has 0 heterocycles. The molecule has 0 saturated carbocycles. The van der Waals surface area contributed by atoms with Crippen LogP contribution in [0.4, 0.5) is 8.78 Å². The second-order valence-electron chi connectivity index (χ2n) is 4.88. The SMILES string of the molecule is COc1ccc(C(=O)NCCc2ccc(OC(F)F)cc2)cc1Br. The quantitative estimate of drug-likeness (QED) is 0.764. The highest BCUT2D eigenvalue weighted by Gasteiger charge is 2.09. The van der Waals surface area contributed by atoms with Crippen LogP contribution in [0.25, 0.3) is 0 Å². The van der Waals surface area contributed by atoms with Crippen molar-refractivity contribution in [3.63, 3.8) is 0 Å². The molecule has 2 rings (SSSR count). The average molecular weight is 400 g/mol. The molecule has 0 atom stereocenters. The van der Waals surface area contributed by atoms with Gasteiger partial charge in [-0.3, -0.25) is 4.79 Å². The molecule has 2 aromatic rings. The summed E-state index contributed by atoms with van der Waals surface area (Å²) in [5, 5.41) is 2.81. The second kappa shape index (κ2) is 8.63. The Hall–Kier alpha value is -2.15. The van der Waals surface area contributed by atoms with Crippen molar-refractivity contribution in [3.8, 4) is 11.5 Å². The fourth-order valence-electron chi connectivity index (χ4n) is 2.07. The van der Waals surface area contributed by atoms with Crippen molar-refractivity contribution >= 4 is 21.8 Å². The van der Waals surface area contributed by atoms with E-state index in [1.807, 2.05) is 0 Å². The zero-order valence-corrected chi connectivity index (χ0v) is 14.5. The number of rotatable bonds is 7. The molecule has 2 aromatic carbocycles. The zero-order valence-electron chi connectivity index (χ0n) is 12.9. The van der Waals surface area contributed by atoms with E-state index in [9.17, 15) is 13.6 Å². The molecule has 4 nitrogen and oxygen atoms in total. The first-order valence-electron chi connectivity index (χ1n) is 7.15. The number of carbonyl (C=O) groups is 1. The molecule has 0 unspecified atom stereocenters. The Morgan fingerprint density at radius 2 is 1.92 bits per heavy atom. The monoisotopic (exact) mass is 399 g/mol. The van der Waals surface area contributed by atoms with Crippen molar-refractivity contribution < 1.29 is 23.0 Å². The number of benzene rings is 2. The Balaban J connectivity index is 1.85. The van der Waals surface area contributed by atoms with Gasteiger partial charge in [0, 0.05) is 12.1 Å². The first-order chi connectivity index (χ1) is 11.5. The molecule has 0 fully saturated rings. The van der Waals surface area contributed by atoms with Crippen molar-refractivity contribution in [2.24, 2.45) is 0 Å². The van der Waals surface area contributed by atoms with E-state index in [2.05, 4.69) is 26.0 Å². The first kappa shape index (κ1) is 18.2. The third-order valence-electron chi connectivity index (χ3n) is 3.26. The second-order valence-corrected chi connectivity index (χ2v) is 5.73. The summed E-state index contributed by atoms with van der Waals surface area (Å²) in [6.45, 7) is -2.41. The summed E-state index contributed by atoms with van der Waals surface area (Å²) in [6, 6.07) is 11.4. The number of nitrogens with one attached hydrogen (secondary N) is 1. The van der Waals surface area contributed by atoms with Gasteiger partial charge in [-0.25, -0.2) is 0 Å². The van der Waals surface area contributed by atoms with Gasteiger partial charge in [-0.1, -0.05) is 12.1 Å². The highest BCUT2D eigenvalue weighted by molar-refractivity contribution is 9.10. The Morgan fingerprint density at radius 3 is 2.50 bits per heavy atom. The lowest BCUT2D eigenvalue weighted by molar-refractivity contribution is -0.0498. The topological polar surface area (TPSA) is 47.6 Å². The maximum absolute atomic E-state index is 12.1. The summed E-state index contributed by atoms with van der Waals surface area (Å²) in [4.78, 5) is 12.1. The van der Waals surface area contributed by atoms with Crippen LogP contribution >= 0.6 is 15.9 Å². The molecule has 128 valence electrons. The normalized spacial score (nSPS) is 10.5. The smallest absolute Gasteiger partial charge is 0.387 e. The summed E-state index contributed by atoms with van der Waals surface area (Å²) in [5.74, 6) is 0.564. The molecule has 0 bridgehead atoms. The molecule has 0 aliphatic heterocycles. The van der Waals surface area contributed by atoms with Crippen LogP contribution in [0.3, 0.4) is 0 Å². The maximum Gasteiger partial charge on any atom is 0.387 e.